The number of hydrogen-bond acceptors (Lipinski definition) is 4. The number of methoxy groups -OCH3 is 1. The van der Waals surface area contributed by atoms with Crippen LogP contribution in [0.1, 0.15) is 19.8 Å². The molecule has 0 rings (SSSR count). The molecule has 0 heterocycles. The smallest absolute Gasteiger partial charge is 0.214 e. The highest BCUT2D eigenvalue weighted by Gasteiger charge is 2.19. The summed E-state index contributed by atoms with van der Waals surface area (Å²) in [5.41, 5.74) is 0. The van der Waals surface area contributed by atoms with E-state index in [0.29, 0.717) is 32.5 Å². The van der Waals surface area contributed by atoms with Gasteiger partial charge in [-0.2, -0.15) is 4.31 Å². The summed E-state index contributed by atoms with van der Waals surface area (Å²) in [6.07, 6.45) is 1.03. The zero-order valence-corrected chi connectivity index (χ0v) is 10.3. The molecule has 0 saturated heterocycles. The number of sulfonamides is 1. The molecule has 0 radical (unpaired) electrons. The molecule has 92 valence electrons. The third-order valence-corrected chi connectivity index (χ3v) is 4.13. The Morgan fingerprint density at radius 2 is 2.00 bits per heavy atom. The molecular weight excluding hydrogens is 218 g/mol. The standard InChI is InChI=1S/C9H21NO4S/c1-3-10(6-8-14-2)15(12,13)9-5-4-7-11/h11H,3-9H2,1-2H3. The molecule has 0 aromatic heterocycles. The lowest BCUT2D eigenvalue weighted by Gasteiger charge is -2.19. The summed E-state index contributed by atoms with van der Waals surface area (Å²) in [7, 11) is -1.63. The first-order valence-corrected chi connectivity index (χ1v) is 6.77. The van der Waals surface area contributed by atoms with E-state index in [9.17, 15) is 8.42 Å². The molecule has 1 N–H and O–H groups in total. The van der Waals surface area contributed by atoms with Gasteiger partial charge in [-0.25, -0.2) is 8.42 Å². The Labute approximate surface area is 92.1 Å². The first kappa shape index (κ1) is 14.8. The van der Waals surface area contributed by atoms with Gasteiger partial charge in [-0.3, -0.25) is 0 Å². The molecule has 0 aliphatic rings. The average molecular weight is 239 g/mol. The van der Waals surface area contributed by atoms with Crippen LogP contribution in [0.4, 0.5) is 0 Å². The fourth-order valence-corrected chi connectivity index (χ4v) is 2.79. The fourth-order valence-electron chi connectivity index (χ4n) is 1.21. The van der Waals surface area contributed by atoms with Gasteiger partial charge in [-0.05, 0) is 12.8 Å². The Morgan fingerprint density at radius 1 is 1.33 bits per heavy atom. The van der Waals surface area contributed by atoms with Crippen LogP contribution >= 0.6 is 0 Å². The first-order chi connectivity index (χ1) is 7.08. The SMILES string of the molecule is CCN(CCOC)S(=O)(=O)CCCCO. The quantitative estimate of drug-likeness (QED) is 0.578. The van der Waals surface area contributed by atoms with Crippen molar-refractivity contribution >= 4 is 10.0 Å². The highest BCUT2D eigenvalue weighted by molar-refractivity contribution is 7.89. The molecular formula is C9H21NO4S. The van der Waals surface area contributed by atoms with Gasteiger partial charge in [0.2, 0.25) is 10.0 Å². The van der Waals surface area contributed by atoms with Crippen molar-refractivity contribution in [2.75, 3.05) is 39.2 Å². The summed E-state index contributed by atoms with van der Waals surface area (Å²) in [5.74, 6) is 0.102. The van der Waals surface area contributed by atoms with E-state index in [1.165, 1.54) is 4.31 Å². The number of aliphatic hydroxyl groups is 1. The molecule has 0 aliphatic carbocycles. The number of hydrogen-bond donors (Lipinski definition) is 1. The van der Waals surface area contributed by atoms with Gasteiger partial charge in [0.25, 0.3) is 0 Å². The third kappa shape index (κ3) is 6.09. The van der Waals surface area contributed by atoms with E-state index in [-0.39, 0.29) is 12.4 Å². The number of likely N-dealkylation sites (N-methyl/N-ethyl adjacent to an activating group) is 1. The van der Waals surface area contributed by atoms with Gasteiger partial charge in [-0.15, -0.1) is 0 Å². The molecule has 6 heteroatoms. The van der Waals surface area contributed by atoms with Crippen molar-refractivity contribution in [3.05, 3.63) is 0 Å². The lowest BCUT2D eigenvalue weighted by molar-refractivity contribution is 0.180. The van der Waals surface area contributed by atoms with Gasteiger partial charge in [-0.1, -0.05) is 6.92 Å². The van der Waals surface area contributed by atoms with Gasteiger partial charge in [0.05, 0.1) is 12.4 Å². The largest absolute Gasteiger partial charge is 0.396 e. The zero-order valence-electron chi connectivity index (χ0n) is 9.48. The molecule has 15 heavy (non-hydrogen) atoms. The van der Waals surface area contributed by atoms with Crippen molar-refractivity contribution in [3.8, 4) is 0 Å². The third-order valence-electron chi connectivity index (χ3n) is 2.10. The van der Waals surface area contributed by atoms with E-state index in [1.54, 1.807) is 14.0 Å². The van der Waals surface area contributed by atoms with E-state index in [4.69, 9.17) is 9.84 Å². The molecule has 0 aliphatic heterocycles. The van der Waals surface area contributed by atoms with Crippen molar-refractivity contribution in [2.24, 2.45) is 0 Å². The Kier molecular flexibility index (Phi) is 7.95. The van der Waals surface area contributed by atoms with Crippen molar-refractivity contribution in [1.82, 2.24) is 4.31 Å². The van der Waals surface area contributed by atoms with Crippen LogP contribution in [0.2, 0.25) is 0 Å². The molecule has 0 atom stereocenters. The highest BCUT2D eigenvalue weighted by atomic mass is 32.2. The summed E-state index contributed by atoms with van der Waals surface area (Å²) < 4.78 is 29.7. The lowest BCUT2D eigenvalue weighted by Crippen LogP contribution is -2.35. The van der Waals surface area contributed by atoms with E-state index in [0.717, 1.165) is 0 Å². The molecule has 0 saturated carbocycles. The minimum absolute atomic E-state index is 0.0414. The van der Waals surface area contributed by atoms with Crippen molar-refractivity contribution in [2.45, 2.75) is 19.8 Å². The predicted molar refractivity (Wildman–Crippen MR) is 59.2 cm³/mol. The lowest BCUT2D eigenvalue weighted by atomic mass is 10.4. The molecule has 0 amide bonds. The van der Waals surface area contributed by atoms with E-state index >= 15 is 0 Å². The normalized spacial score (nSPS) is 12.3. The van der Waals surface area contributed by atoms with E-state index in [1.807, 2.05) is 0 Å². The number of unbranched alkanes of at least 4 members (excludes halogenated alkanes) is 1. The minimum Gasteiger partial charge on any atom is -0.396 e. The van der Waals surface area contributed by atoms with E-state index < -0.39 is 10.0 Å². The topological polar surface area (TPSA) is 66.8 Å². The van der Waals surface area contributed by atoms with Gasteiger partial charge in [0.15, 0.2) is 0 Å². The summed E-state index contributed by atoms with van der Waals surface area (Å²) in [6, 6.07) is 0. The zero-order chi connectivity index (χ0) is 11.7. The Bertz CT molecular complexity index is 240. The number of nitrogens with zero attached hydrogens (tertiary/aromatic N) is 1. The van der Waals surface area contributed by atoms with E-state index in [2.05, 4.69) is 0 Å². The van der Waals surface area contributed by atoms with Crippen LogP contribution in [0, 0.1) is 0 Å². The van der Waals surface area contributed by atoms with Crippen molar-refractivity contribution in [3.63, 3.8) is 0 Å². The molecule has 0 spiro atoms. The van der Waals surface area contributed by atoms with Crippen LogP contribution in [0.5, 0.6) is 0 Å². The van der Waals surface area contributed by atoms with Crippen molar-refractivity contribution in [1.29, 1.82) is 0 Å². The summed E-state index contributed by atoms with van der Waals surface area (Å²) in [6.45, 7) is 3.12. The van der Waals surface area contributed by atoms with Crippen LogP contribution in [0.25, 0.3) is 0 Å². The van der Waals surface area contributed by atoms with Crippen LogP contribution < -0.4 is 0 Å². The van der Waals surface area contributed by atoms with Crippen LogP contribution in [-0.2, 0) is 14.8 Å². The maximum absolute atomic E-state index is 11.7. The molecule has 5 nitrogen and oxygen atoms in total. The van der Waals surface area contributed by atoms with Gasteiger partial charge >= 0.3 is 0 Å². The van der Waals surface area contributed by atoms with Gasteiger partial charge in [0, 0.05) is 26.8 Å². The summed E-state index contributed by atoms with van der Waals surface area (Å²) in [5, 5.41) is 8.57. The van der Waals surface area contributed by atoms with Gasteiger partial charge in [0.1, 0.15) is 0 Å². The summed E-state index contributed by atoms with van der Waals surface area (Å²) in [4.78, 5) is 0. The fraction of sp³-hybridized carbons (Fsp3) is 1.00. The number of ether oxygens (including phenoxy) is 1. The monoisotopic (exact) mass is 239 g/mol. The van der Waals surface area contributed by atoms with Crippen molar-refractivity contribution < 1.29 is 18.3 Å². The Balaban J connectivity index is 4.13. The molecule has 0 fully saturated rings. The number of aliphatic hydroxyl groups excluding tert-OH is 1. The second-order valence-corrected chi connectivity index (χ2v) is 5.32. The second kappa shape index (κ2) is 8.04. The average Bonchev–Trinajstić information content (AvgIpc) is 2.19. The number of rotatable bonds is 9. The summed E-state index contributed by atoms with van der Waals surface area (Å²) >= 11 is 0. The van der Waals surface area contributed by atoms with Crippen LogP contribution in [-0.4, -0.2) is 57.0 Å². The minimum atomic E-state index is -3.17. The molecule has 0 aromatic rings. The molecule has 0 unspecified atom stereocenters. The molecule has 0 aromatic carbocycles. The second-order valence-electron chi connectivity index (χ2n) is 3.23. The maximum Gasteiger partial charge on any atom is 0.214 e. The van der Waals surface area contributed by atoms with Crippen LogP contribution in [0.3, 0.4) is 0 Å². The highest BCUT2D eigenvalue weighted by Crippen LogP contribution is 2.04. The predicted octanol–water partition coefficient (Wildman–Crippen LogP) is 0.0570. The van der Waals surface area contributed by atoms with Gasteiger partial charge < -0.3 is 9.84 Å². The maximum atomic E-state index is 11.7. The Hall–Kier alpha value is -0.170. The molecule has 0 bridgehead atoms. The Morgan fingerprint density at radius 3 is 2.47 bits per heavy atom. The first-order valence-electron chi connectivity index (χ1n) is 5.16. The van der Waals surface area contributed by atoms with Crippen LogP contribution in [0.15, 0.2) is 0 Å².